The van der Waals surface area contributed by atoms with E-state index in [-0.39, 0.29) is 18.4 Å². The van der Waals surface area contributed by atoms with Gasteiger partial charge in [0, 0.05) is 32.5 Å². The maximum Gasteiger partial charge on any atom is 0.243 e. The summed E-state index contributed by atoms with van der Waals surface area (Å²) in [7, 11) is 0. The molecule has 2 rings (SSSR count). The summed E-state index contributed by atoms with van der Waals surface area (Å²) >= 11 is 0. The molecule has 1 atom stereocenters. The molecule has 5 heteroatoms. The predicted molar refractivity (Wildman–Crippen MR) is 106 cm³/mol. The van der Waals surface area contributed by atoms with Crippen molar-refractivity contribution in [2.75, 3.05) is 13.2 Å². The van der Waals surface area contributed by atoms with Crippen molar-refractivity contribution in [3.63, 3.8) is 0 Å². The molecule has 0 radical (unpaired) electrons. The number of hydrogen-bond donors (Lipinski definition) is 2. The van der Waals surface area contributed by atoms with Gasteiger partial charge in [0.15, 0.2) is 0 Å². The highest BCUT2D eigenvalue weighted by molar-refractivity contribution is 5.87. The van der Waals surface area contributed by atoms with E-state index in [0.717, 1.165) is 11.1 Å². The highest BCUT2D eigenvalue weighted by atomic mass is 16.3. The lowest BCUT2D eigenvalue weighted by atomic mass is 10.0. The van der Waals surface area contributed by atoms with E-state index >= 15 is 0 Å². The standard InChI is InChI=1S/C22H28N2O3/c1-2-21(26)24(17-19-12-7-4-8-13-19)20(22(27)23-14-9-15-25)16-18-10-5-3-6-11-18/h3-8,10-13,20,25H,2,9,14-17H2,1H3,(H,23,27). The van der Waals surface area contributed by atoms with E-state index in [1.54, 1.807) is 4.90 Å². The summed E-state index contributed by atoms with van der Waals surface area (Å²) in [5.74, 6) is -0.248. The van der Waals surface area contributed by atoms with Gasteiger partial charge >= 0.3 is 0 Å². The molecule has 5 nitrogen and oxygen atoms in total. The van der Waals surface area contributed by atoms with Crippen LogP contribution in [0.4, 0.5) is 0 Å². The monoisotopic (exact) mass is 368 g/mol. The average molecular weight is 368 g/mol. The number of amides is 2. The third kappa shape index (κ3) is 6.53. The minimum Gasteiger partial charge on any atom is -0.396 e. The highest BCUT2D eigenvalue weighted by Crippen LogP contribution is 2.15. The molecule has 0 spiro atoms. The van der Waals surface area contributed by atoms with Crippen molar-refractivity contribution in [2.24, 2.45) is 0 Å². The van der Waals surface area contributed by atoms with Gasteiger partial charge in [0.2, 0.25) is 11.8 Å². The Morgan fingerprint density at radius 2 is 1.59 bits per heavy atom. The zero-order valence-electron chi connectivity index (χ0n) is 15.8. The van der Waals surface area contributed by atoms with Gasteiger partial charge in [-0.2, -0.15) is 0 Å². The van der Waals surface area contributed by atoms with Crippen LogP contribution in [0.5, 0.6) is 0 Å². The third-order valence-electron chi connectivity index (χ3n) is 4.40. The molecule has 144 valence electrons. The maximum atomic E-state index is 12.9. The molecular formula is C22H28N2O3. The molecule has 0 saturated heterocycles. The first-order chi connectivity index (χ1) is 13.2. The van der Waals surface area contributed by atoms with Gasteiger partial charge < -0.3 is 15.3 Å². The van der Waals surface area contributed by atoms with Crippen molar-refractivity contribution < 1.29 is 14.7 Å². The van der Waals surface area contributed by atoms with E-state index in [0.29, 0.717) is 32.4 Å². The van der Waals surface area contributed by atoms with Gasteiger partial charge in [0.25, 0.3) is 0 Å². The maximum absolute atomic E-state index is 12.9. The van der Waals surface area contributed by atoms with Gasteiger partial charge in [-0.3, -0.25) is 9.59 Å². The van der Waals surface area contributed by atoms with Crippen LogP contribution in [-0.4, -0.2) is 41.0 Å². The van der Waals surface area contributed by atoms with Gasteiger partial charge in [0.1, 0.15) is 6.04 Å². The minimum absolute atomic E-state index is 0.0191. The zero-order chi connectivity index (χ0) is 19.5. The van der Waals surface area contributed by atoms with E-state index in [1.807, 2.05) is 67.6 Å². The number of aliphatic hydroxyl groups is 1. The number of hydrogen-bond acceptors (Lipinski definition) is 3. The number of carbonyl (C=O) groups is 2. The van der Waals surface area contributed by atoms with Crippen molar-refractivity contribution in [3.05, 3.63) is 71.8 Å². The highest BCUT2D eigenvalue weighted by Gasteiger charge is 2.29. The lowest BCUT2D eigenvalue weighted by molar-refractivity contribution is -0.141. The summed E-state index contributed by atoms with van der Waals surface area (Å²) in [6.07, 6.45) is 1.27. The Bertz CT molecular complexity index is 704. The molecule has 2 amide bonds. The molecule has 0 aromatic heterocycles. The van der Waals surface area contributed by atoms with Crippen LogP contribution in [-0.2, 0) is 22.6 Å². The van der Waals surface area contributed by atoms with Gasteiger partial charge in [-0.25, -0.2) is 0 Å². The van der Waals surface area contributed by atoms with Crippen molar-refractivity contribution in [1.82, 2.24) is 10.2 Å². The normalized spacial score (nSPS) is 11.6. The van der Waals surface area contributed by atoms with E-state index < -0.39 is 6.04 Å². The minimum atomic E-state index is -0.598. The Balaban J connectivity index is 2.26. The van der Waals surface area contributed by atoms with Crippen molar-refractivity contribution in [2.45, 2.75) is 38.8 Å². The van der Waals surface area contributed by atoms with Gasteiger partial charge in [0.05, 0.1) is 0 Å². The molecule has 0 aliphatic rings. The van der Waals surface area contributed by atoms with Crippen LogP contribution in [0, 0.1) is 0 Å². The lowest BCUT2D eigenvalue weighted by Crippen LogP contribution is -2.50. The third-order valence-corrected chi connectivity index (χ3v) is 4.40. The summed E-state index contributed by atoms with van der Waals surface area (Å²) in [5.41, 5.74) is 1.99. The number of carbonyl (C=O) groups excluding carboxylic acids is 2. The van der Waals surface area contributed by atoms with Crippen LogP contribution in [0.25, 0.3) is 0 Å². The first-order valence-electron chi connectivity index (χ1n) is 9.41. The molecular weight excluding hydrogens is 340 g/mol. The molecule has 0 fully saturated rings. The molecule has 2 aromatic rings. The number of rotatable bonds is 10. The second kappa shape index (κ2) is 11.1. The molecule has 0 saturated carbocycles. The van der Waals surface area contributed by atoms with E-state index in [2.05, 4.69) is 5.32 Å². The molecule has 27 heavy (non-hydrogen) atoms. The fourth-order valence-corrected chi connectivity index (χ4v) is 2.95. The van der Waals surface area contributed by atoms with Crippen LogP contribution in [0.15, 0.2) is 60.7 Å². The molecule has 2 aromatic carbocycles. The first kappa shape index (κ1) is 20.6. The van der Waals surface area contributed by atoms with Gasteiger partial charge in [-0.1, -0.05) is 67.6 Å². The smallest absolute Gasteiger partial charge is 0.243 e. The molecule has 0 aliphatic carbocycles. The van der Waals surface area contributed by atoms with Crippen LogP contribution in [0.1, 0.15) is 30.9 Å². The Morgan fingerprint density at radius 1 is 1.00 bits per heavy atom. The Kier molecular flexibility index (Phi) is 8.52. The first-order valence-corrected chi connectivity index (χ1v) is 9.41. The van der Waals surface area contributed by atoms with Crippen LogP contribution < -0.4 is 5.32 Å². The molecule has 2 N–H and O–H groups in total. The quantitative estimate of drug-likeness (QED) is 0.633. The second-order valence-electron chi connectivity index (χ2n) is 6.43. The zero-order valence-corrected chi connectivity index (χ0v) is 15.8. The topological polar surface area (TPSA) is 69.6 Å². The Morgan fingerprint density at radius 3 is 2.15 bits per heavy atom. The SMILES string of the molecule is CCC(=O)N(Cc1ccccc1)C(Cc1ccccc1)C(=O)NCCCO. The molecule has 0 bridgehead atoms. The largest absolute Gasteiger partial charge is 0.396 e. The Hall–Kier alpha value is -2.66. The summed E-state index contributed by atoms with van der Waals surface area (Å²) in [4.78, 5) is 27.2. The Labute approximate surface area is 161 Å². The number of aliphatic hydroxyl groups excluding tert-OH is 1. The van der Waals surface area contributed by atoms with Gasteiger partial charge in [-0.05, 0) is 17.5 Å². The van der Waals surface area contributed by atoms with Crippen LogP contribution in [0.3, 0.4) is 0 Å². The van der Waals surface area contributed by atoms with Gasteiger partial charge in [-0.15, -0.1) is 0 Å². The summed E-state index contributed by atoms with van der Waals surface area (Å²) in [6, 6.07) is 18.8. The lowest BCUT2D eigenvalue weighted by Gasteiger charge is -2.31. The van der Waals surface area contributed by atoms with Crippen molar-refractivity contribution in [1.29, 1.82) is 0 Å². The van der Waals surface area contributed by atoms with Crippen molar-refractivity contribution in [3.8, 4) is 0 Å². The molecule has 0 heterocycles. The van der Waals surface area contributed by atoms with Crippen LogP contribution >= 0.6 is 0 Å². The number of benzene rings is 2. The fourth-order valence-electron chi connectivity index (χ4n) is 2.95. The van der Waals surface area contributed by atoms with Crippen LogP contribution in [0.2, 0.25) is 0 Å². The second-order valence-corrected chi connectivity index (χ2v) is 6.43. The summed E-state index contributed by atoms with van der Waals surface area (Å²) in [6.45, 7) is 2.60. The number of nitrogens with zero attached hydrogens (tertiary/aromatic N) is 1. The van der Waals surface area contributed by atoms with E-state index in [9.17, 15) is 9.59 Å². The average Bonchev–Trinajstić information content (AvgIpc) is 2.71. The summed E-state index contributed by atoms with van der Waals surface area (Å²) < 4.78 is 0. The van der Waals surface area contributed by atoms with Crippen molar-refractivity contribution >= 4 is 11.8 Å². The summed E-state index contributed by atoms with van der Waals surface area (Å²) in [5, 5.41) is 11.8. The molecule has 1 unspecified atom stereocenters. The predicted octanol–water partition coefficient (Wildman–Crippen LogP) is 2.54. The molecule has 0 aliphatic heterocycles. The number of nitrogens with one attached hydrogen (secondary N) is 1. The fraction of sp³-hybridized carbons (Fsp3) is 0.364. The van der Waals surface area contributed by atoms with E-state index in [4.69, 9.17) is 5.11 Å². The van der Waals surface area contributed by atoms with E-state index in [1.165, 1.54) is 0 Å².